The molecule has 0 aliphatic carbocycles. The second-order valence-corrected chi connectivity index (χ2v) is 6.35. The van der Waals surface area contributed by atoms with Crippen LogP contribution in [0.4, 0.5) is 0 Å². The Bertz CT molecular complexity index is 797. The maximum atomic E-state index is 11.8. The lowest BCUT2D eigenvalue weighted by atomic mass is 10.1. The number of esters is 1. The third kappa shape index (κ3) is 4.58. The monoisotopic (exact) mass is 430 g/mol. The minimum Gasteiger partial charge on any atom is -0.482 e. The number of benzene rings is 3. The van der Waals surface area contributed by atoms with Crippen LogP contribution in [0.25, 0.3) is 11.1 Å². The van der Waals surface area contributed by atoms with Gasteiger partial charge in [0.05, 0.1) is 0 Å². The van der Waals surface area contributed by atoms with Crippen LogP contribution in [0.5, 0.6) is 11.5 Å². The van der Waals surface area contributed by atoms with Crippen LogP contribution < -0.4 is 9.47 Å². The van der Waals surface area contributed by atoms with E-state index >= 15 is 0 Å². The Morgan fingerprint density at radius 2 is 1.33 bits per heavy atom. The number of halogens is 1. The number of rotatable bonds is 5. The summed E-state index contributed by atoms with van der Waals surface area (Å²) in [5.74, 6) is 0.723. The number of hydrogen-bond donors (Lipinski definition) is 0. The third-order valence-electron chi connectivity index (χ3n) is 3.36. The van der Waals surface area contributed by atoms with E-state index in [1.807, 2.05) is 66.7 Å². The Kier molecular flexibility index (Phi) is 5.48. The maximum Gasteiger partial charge on any atom is 0.349 e. The Morgan fingerprint density at radius 1 is 0.750 bits per heavy atom. The standard InChI is InChI=1S/C20H15IO3/c21-17-8-12-19(13-9-17)24-20(22)14-23-18-10-6-16(7-11-18)15-4-2-1-3-5-15/h1-13H,14H2. The van der Waals surface area contributed by atoms with E-state index in [-0.39, 0.29) is 6.61 Å². The molecule has 0 atom stereocenters. The summed E-state index contributed by atoms with van der Waals surface area (Å²) in [4.78, 5) is 11.8. The van der Waals surface area contributed by atoms with Crippen LogP contribution in [0.3, 0.4) is 0 Å². The molecule has 0 fully saturated rings. The predicted octanol–water partition coefficient (Wildman–Crippen LogP) is 4.94. The molecule has 0 amide bonds. The normalized spacial score (nSPS) is 10.2. The minimum absolute atomic E-state index is 0.128. The summed E-state index contributed by atoms with van der Waals surface area (Å²) >= 11 is 2.20. The van der Waals surface area contributed by atoms with Crippen LogP contribution in [0, 0.1) is 3.57 Å². The Hall–Kier alpha value is -2.34. The first kappa shape index (κ1) is 16.5. The van der Waals surface area contributed by atoms with Gasteiger partial charge in [-0.25, -0.2) is 4.79 Å². The van der Waals surface area contributed by atoms with E-state index in [9.17, 15) is 4.79 Å². The maximum absolute atomic E-state index is 11.8. The molecule has 0 heterocycles. The largest absolute Gasteiger partial charge is 0.482 e. The molecule has 3 nitrogen and oxygen atoms in total. The van der Waals surface area contributed by atoms with E-state index in [2.05, 4.69) is 22.6 Å². The van der Waals surface area contributed by atoms with E-state index < -0.39 is 5.97 Å². The zero-order chi connectivity index (χ0) is 16.8. The lowest BCUT2D eigenvalue weighted by Gasteiger charge is -2.08. The summed E-state index contributed by atoms with van der Waals surface area (Å²) in [6.45, 7) is -0.128. The first-order valence-electron chi connectivity index (χ1n) is 7.45. The van der Waals surface area contributed by atoms with Crippen molar-refractivity contribution in [2.45, 2.75) is 0 Å². The topological polar surface area (TPSA) is 35.5 Å². The molecule has 0 aromatic heterocycles. The summed E-state index contributed by atoms with van der Waals surface area (Å²) in [7, 11) is 0. The lowest BCUT2D eigenvalue weighted by Crippen LogP contribution is -2.17. The molecule has 0 aliphatic heterocycles. The summed E-state index contributed by atoms with van der Waals surface area (Å²) in [5.41, 5.74) is 2.24. The highest BCUT2D eigenvalue weighted by atomic mass is 127. The van der Waals surface area contributed by atoms with Gasteiger partial charge in [0, 0.05) is 3.57 Å². The molecule has 0 radical (unpaired) electrons. The van der Waals surface area contributed by atoms with E-state index in [1.165, 1.54) is 0 Å². The molecule has 0 aliphatic rings. The van der Waals surface area contributed by atoms with Gasteiger partial charge in [0.1, 0.15) is 11.5 Å². The lowest BCUT2D eigenvalue weighted by molar-refractivity contribution is -0.136. The van der Waals surface area contributed by atoms with Gasteiger partial charge in [-0.1, -0.05) is 42.5 Å². The first-order chi connectivity index (χ1) is 11.7. The smallest absolute Gasteiger partial charge is 0.349 e. The second kappa shape index (κ2) is 7.97. The van der Waals surface area contributed by atoms with Crippen LogP contribution in [-0.4, -0.2) is 12.6 Å². The van der Waals surface area contributed by atoms with Gasteiger partial charge in [-0.2, -0.15) is 0 Å². The van der Waals surface area contributed by atoms with Gasteiger partial charge in [-0.3, -0.25) is 0 Å². The van der Waals surface area contributed by atoms with Gasteiger partial charge in [-0.05, 0) is 70.1 Å². The van der Waals surface area contributed by atoms with E-state index in [0.717, 1.165) is 14.7 Å². The van der Waals surface area contributed by atoms with Crippen molar-refractivity contribution in [2.24, 2.45) is 0 Å². The molecule has 4 heteroatoms. The van der Waals surface area contributed by atoms with Crippen LogP contribution in [0.2, 0.25) is 0 Å². The molecule has 3 rings (SSSR count). The SMILES string of the molecule is O=C(COc1ccc(-c2ccccc2)cc1)Oc1ccc(I)cc1. The molecule has 0 spiro atoms. The highest BCUT2D eigenvalue weighted by Crippen LogP contribution is 2.22. The fourth-order valence-corrected chi connectivity index (χ4v) is 2.54. The van der Waals surface area contributed by atoms with Crippen molar-refractivity contribution in [2.75, 3.05) is 6.61 Å². The summed E-state index contributed by atoms with van der Waals surface area (Å²) in [6, 6.07) is 25.0. The summed E-state index contributed by atoms with van der Waals surface area (Å²) in [5, 5.41) is 0. The summed E-state index contributed by atoms with van der Waals surface area (Å²) in [6.07, 6.45) is 0. The zero-order valence-electron chi connectivity index (χ0n) is 12.8. The molecule has 0 saturated carbocycles. The van der Waals surface area contributed by atoms with Crippen LogP contribution >= 0.6 is 22.6 Å². The van der Waals surface area contributed by atoms with Crippen molar-refractivity contribution in [1.29, 1.82) is 0 Å². The Balaban J connectivity index is 1.54. The second-order valence-electron chi connectivity index (χ2n) is 5.11. The van der Waals surface area contributed by atoms with Crippen molar-refractivity contribution < 1.29 is 14.3 Å². The molecule has 3 aromatic carbocycles. The molecule has 120 valence electrons. The first-order valence-corrected chi connectivity index (χ1v) is 8.53. The van der Waals surface area contributed by atoms with Gasteiger partial charge in [-0.15, -0.1) is 0 Å². The van der Waals surface area contributed by atoms with E-state index in [0.29, 0.717) is 11.5 Å². The van der Waals surface area contributed by atoms with Gasteiger partial charge < -0.3 is 9.47 Å². The average Bonchev–Trinajstić information content (AvgIpc) is 2.63. The van der Waals surface area contributed by atoms with Crippen molar-refractivity contribution in [1.82, 2.24) is 0 Å². The minimum atomic E-state index is -0.427. The van der Waals surface area contributed by atoms with Crippen LogP contribution in [-0.2, 0) is 4.79 Å². The van der Waals surface area contributed by atoms with Crippen molar-refractivity contribution in [3.8, 4) is 22.6 Å². The van der Waals surface area contributed by atoms with Gasteiger partial charge in [0.15, 0.2) is 6.61 Å². The van der Waals surface area contributed by atoms with Crippen LogP contribution in [0.15, 0.2) is 78.9 Å². The summed E-state index contributed by atoms with van der Waals surface area (Å²) < 4.78 is 11.8. The van der Waals surface area contributed by atoms with E-state index in [4.69, 9.17) is 9.47 Å². The quantitative estimate of drug-likeness (QED) is 0.327. The van der Waals surface area contributed by atoms with Gasteiger partial charge in [0.25, 0.3) is 0 Å². The number of carbonyl (C=O) groups excluding carboxylic acids is 1. The Morgan fingerprint density at radius 3 is 2.00 bits per heavy atom. The molecular formula is C20H15IO3. The van der Waals surface area contributed by atoms with Crippen LogP contribution in [0.1, 0.15) is 0 Å². The Labute approximate surface area is 154 Å². The molecule has 3 aromatic rings. The number of carbonyl (C=O) groups is 1. The zero-order valence-corrected chi connectivity index (χ0v) is 15.0. The predicted molar refractivity (Wildman–Crippen MR) is 102 cm³/mol. The van der Waals surface area contributed by atoms with Gasteiger partial charge in [0.2, 0.25) is 0 Å². The fourth-order valence-electron chi connectivity index (χ4n) is 2.18. The molecule has 24 heavy (non-hydrogen) atoms. The van der Waals surface area contributed by atoms with Crippen molar-refractivity contribution >= 4 is 28.6 Å². The van der Waals surface area contributed by atoms with Crippen molar-refractivity contribution in [3.05, 3.63) is 82.4 Å². The molecule has 0 unspecified atom stereocenters. The molecule has 0 bridgehead atoms. The molecule has 0 N–H and O–H groups in total. The highest BCUT2D eigenvalue weighted by molar-refractivity contribution is 14.1. The molecular weight excluding hydrogens is 415 g/mol. The third-order valence-corrected chi connectivity index (χ3v) is 4.08. The van der Waals surface area contributed by atoms with Gasteiger partial charge >= 0.3 is 5.97 Å². The van der Waals surface area contributed by atoms with Crippen molar-refractivity contribution in [3.63, 3.8) is 0 Å². The average molecular weight is 430 g/mol. The fraction of sp³-hybridized carbons (Fsp3) is 0.0500. The highest BCUT2D eigenvalue weighted by Gasteiger charge is 2.06. The number of ether oxygens (including phenoxy) is 2. The van der Waals surface area contributed by atoms with E-state index in [1.54, 1.807) is 12.1 Å². The number of hydrogen-bond acceptors (Lipinski definition) is 3. The molecule has 0 saturated heterocycles.